The zero-order valence-electron chi connectivity index (χ0n) is 18.9. The van der Waals surface area contributed by atoms with Gasteiger partial charge < -0.3 is 14.7 Å². The van der Waals surface area contributed by atoms with E-state index in [-0.39, 0.29) is 18.5 Å². The average Bonchev–Trinajstić information content (AvgIpc) is 3.25. The van der Waals surface area contributed by atoms with Gasteiger partial charge in [0.05, 0.1) is 18.7 Å². The van der Waals surface area contributed by atoms with Crippen LogP contribution in [0.15, 0.2) is 61.0 Å². The Balaban J connectivity index is 1.70. The van der Waals surface area contributed by atoms with Crippen molar-refractivity contribution in [3.8, 4) is 5.75 Å². The van der Waals surface area contributed by atoms with Gasteiger partial charge in [-0.2, -0.15) is 0 Å². The van der Waals surface area contributed by atoms with Gasteiger partial charge in [0.25, 0.3) is 0 Å². The molecule has 0 spiro atoms. The van der Waals surface area contributed by atoms with Gasteiger partial charge in [-0.1, -0.05) is 24.3 Å². The van der Waals surface area contributed by atoms with Crippen molar-refractivity contribution in [2.45, 2.75) is 38.3 Å². The number of aliphatic hydroxyl groups excluding tert-OH is 1. The van der Waals surface area contributed by atoms with Crippen LogP contribution in [-0.4, -0.2) is 59.7 Å². The van der Waals surface area contributed by atoms with Crippen molar-refractivity contribution in [3.63, 3.8) is 0 Å². The van der Waals surface area contributed by atoms with Crippen LogP contribution < -0.4 is 4.74 Å². The van der Waals surface area contributed by atoms with Gasteiger partial charge in [-0.15, -0.1) is 24.5 Å². The van der Waals surface area contributed by atoms with Crippen LogP contribution in [0.5, 0.6) is 5.75 Å². The summed E-state index contributed by atoms with van der Waals surface area (Å²) in [7, 11) is 0. The van der Waals surface area contributed by atoms with Crippen molar-refractivity contribution in [3.05, 3.63) is 77.0 Å². The van der Waals surface area contributed by atoms with Crippen LogP contribution in [-0.2, 0) is 11.2 Å². The van der Waals surface area contributed by atoms with Crippen LogP contribution in [0.1, 0.15) is 34.9 Å². The van der Waals surface area contributed by atoms with E-state index in [0.29, 0.717) is 32.7 Å². The van der Waals surface area contributed by atoms with Crippen LogP contribution in [0.3, 0.4) is 0 Å². The second-order valence-corrected chi connectivity index (χ2v) is 9.28. The van der Waals surface area contributed by atoms with Crippen LogP contribution in [0.25, 0.3) is 0 Å². The molecule has 2 heterocycles. The van der Waals surface area contributed by atoms with Crippen LogP contribution in [0.4, 0.5) is 0 Å². The van der Waals surface area contributed by atoms with E-state index in [2.05, 4.69) is 24.6 Å². The fourth-order valence-corrected chi connectivity index (χ4v) is 5.05. The number of nitrogens with zero attached hydrogens (tertiary/aromatic N) is 2. The summed E-state index contributed by atoms with van der Waals surface area (Å²) in [4.78, 5) is 18.6. The van der Waals surface area contributed by atoms with Crippen LogP contribution in [0.2, 0.25) is 0 Å². The Morgan fingerprint density at radius 3 is 2.97 bits per heavy atom. The van der Waals surface area contributed by atoms with Gasteiger partial charge in [-0.3, -0.25) is 9.69 Å². The van der Waals surface area contributed by atoms with Gasteiger partial charge in [0, 0.05) is 24.5 Å². The SMILES string of the molecule is C=CCCC(O)CN(CC=C)CC(=O)N1CCc2sccc2C1COc1cccc(C)c1. The number of benzene rings is 1. The first-order valence-corrected chi connectivity index (χ1v) is 12.1. The highest BCUT2D eigenvalue weighted by Gasteiger charge is 2.33. The Bertz CT molecular complexity index is 910. The first-order valence-electron chi connectivity index (χ1n) is 11.2. The van der Waals surface area contributed by atoms with E-state index in [0.717, 1.165) is 24.2 Å². The summed E-state index contributed by atoms with van der Waals surface area (Å²) in [5, 5.41) is 12.4. The topological polar surface area (TPSA) is 53.0 Å². The summed E-state index contributed by atoms with van der Waals surface area (Å²) in [6.07, 6.45) is 5.34. The van der Waals surface area contributed by atoms with Crippen molar-refractivity contribution in [2.75, 3.05) is 32.8 Å². The predicted octanol–water partition coefficient (Wildman–Crippen LogP) is 4.38. The maximum atomic E-state index is 13.4. The van der Waals surface area contributed by atoms with Crippen molar-refractivity contribution >= 4 is 17.2 Å². The fraction of sp³-hybridized carbons (Fsp3) is 0.423. The Morgan fingerprint density at radius 2 is 2.22 bits per heavy atom. The maximum Gasteiger partial charge on any atom is 0.237 e. The molecule has 2 unspecified atom stereocenters. The van der Waals surface area contributed by atoms with E-state index in [1.807, 2.05) is 41.0 Å². The van der Waals surface area contributed by atoms with Crippen molar-refractivity contribution in [1.82, 2.24) is 9.80 Å². The highest BCUT2D eigenvalue weighted by molar-refractivity contribution is 7.10. The normalized spacial score (nSPS) is 16.5. The molecule has 0 saturated heterocycles. The molecule has 1 aliphatic heterocycles. The third kappa shape index (κ3) is 6.55. The predicted molar refractivity (Wildman–Crippen MR) is 131 cm³/mol. The number of hydrogen-bond acceptors (Lipinski definition) is 5. The van der Waals surface area contributed by atoms with Gasteiger partial charge in [-0.05, 0) is 60.9 Å². The molecule has 0 fully saturated rings. The lowest BCUT2D eigenvalue weighted by Gasteiger charge is -2.37. The molecule has 0 aliphatic carbocycles. The lowest BCUT2D eigenvalue weighted by atomic mass is 10.0. The molecular weight excluding hydrogens is 420 g/mol. The second kappa shape index (κ2) is 12.0. The Hall–Kier alpha value is -2.41. The highest BCUT2D eigenvalue weighted by atomic mass is 32.1. The molecule has 1 amide bonds. The summed E-state index contributed by atoms with van der Waals surface area (Å²) >= 11 is 1.75. The molecule has 0 saturated carbocycles. The van der Waals surface area contributed by atoms with Crippen LogP contribution in [0, 0.1) is 6.92 Å². The largest absolute Gasteiger partial charge is 0.491 e. The minimum atomic E-state index is -0.494. The van der Waals surface area contributed by atoms with E-state index >= 15 is 0 Å². The van der Waals surface area contributed by atoms with Crippen molar-refractivity contribution in [1.29, 1.82) is 0 Å². The number of allylic oxidation sites excluding steroid dienone is 1. The number of rotatable bonds is 12. The van der Waals surface area contributed by atoms with Gasteiger partial charge in [-0.25, -0.2) is 0 Å². The Labute approximate surface area is 195 Å². The Morgan fingerprint density at radius 1 is 1.38 bits per heavy atom. The molecule has 6 heteroatoms. The van der Waals surface area contributed by atoms with E-state index in [1.54, 1.807) is 23.5 Å². The monoisotopic (exact) mass is 454 g/mol. The van der Waals surface area contributed by atoms with Gasteiger partial charge in [0.2, 0.25) is 5.91 Å². The quantitative estimate of drug-likeness (QED) is 0.484. The number of carbonyl (C=O) groups is 1. The number of fused-ring (bicyclic) bond motifs is 1. The summed E-state index contributed by atoms with van der Waals surface area (Å²) in [5.74, 6) is 0.871. The molecule has 1 aromatic carbocycles. The number of carbonyl (C=O) groups excluding carboxylic acids is 1. The zero-order valence-corrected chi connectivity index (χ0v) is 19.7. The molecular formula is C26H34N2O3S. The van der Waals surface area contributed by atoms with E-state index < -0.39 is 6.10 Å². The maximum absolute atomic E-state index is 13.4. The molecule has 3 rings (SSSR count). The number of amides is 1. The molecule has 2 aromatic rings. The molecule has 1 aliphatic rings. The minimum Gasteiger partial charge on any atom is -0.491 e. The lowest BCUT2D eigenvalue weighted by Crippen LogP contribution is -2.47. The summed E-state index contributed by atoms with van der Waals surface area (Å²) in [6.45, 7) is 11.9. The number of ether oxygens (including phenoxy) is 1. The third-order valence-electron chi connectivity index (χ3n) is 5.73. The molecule has 0 radical (unpaired) electrons. The number of aliphatic hydroxyl groups is 1. The van der Waals surface area contributed by atoms with E-state index in [4.69, 9.17) is 4.74 Å². The molecule has 0 bridgehead atoms. The molecule has 1 aromatic heterocycles. The van der Waals surface area contributed by atoms with Crippen LogP contribution >= 0.6 is 11.3 Å². The molecule has 2 atom stereocenters. The van der Waals surface area contributed by atoms with Gasteiger partial charge in [0.1, 0.15) is 12.4 Å². The van der Waals surface area contributed by atoms with Gasteiger partial charge in [0.15, 0.2) is 0 Å². The average molecular weight is 455 g/mol. The summed E-state index contributed by atoms with van der Waals surface area (Å²) in [5.41, 5.74) is 2.33. The van der Waals surface area contributed by atoms with Gasteiger partial charge >= 0.3 is 0 Å². The molecule has 5 nitrogen and oxygen atoms in total. The first kappa shape index (κ1) is 24.2. The van der Waals surface area contributed by atoms with Crippen molar-refractivity contribution in [2.24, 2.45) is 0 Å². The minimum absolute atomic E-state index is 0.0532. The highest BCUT2D eigenvalue weighted by Crippen LogP contribution is 2.34. The van der Waals surface area contributed by atoms with E-state index in [9.17, 15) is 9.90 Å². The van der Waals surface area contributed by atoms with Crippen molar-refractivity contribution < 1.29 is 14.6 Å². The zero-order chi connectivity index (χ0) is 22.9. The summed E-state index contributed by atoms with van der Waals surface area (Å²) < 4.78 is 6.13. The smallest absolute Gasteiger partial charge is 0.237 e. The number of hydrogen-bond donors (Lipinski definition) is 1. The first-order chi connectivity index (χ1) is 15.5. The number of aryl methyl sites for hydroxylation is 1. The second-order valence-electron chi connectivity index (χ2n) is 8.28. The molecule has 32 heavy (non-hydrogen) atoms. The fourth-order valence-electron chi connectivity index (χ4n) is 4.12. The lowest BCUT2D eigenvalue weighted by molar-refractivity contribution is -0.136. The standard InChI is InChI=1S/C26H34N2O3S/c1-4-6-9-21(29)17-27(13-5-2)18-26(30)28-14-11-25-23(12-15-32-25)24(28)19-31-22-10-7-8-20(3)16-22/h4-5,7-8,10,12,15-16,21,24,29H,1-2,6,9,11,13-14,17-19H2,3H3. The Kier molecular flexibility index (Phi) is 9.09. The molecule has 1 N–H and O–H groups in total. The van der Waals surface area contributed by atoms with E-state index in [1.165, 1.54) is 10.4 Å². The third-order valence-corrected chi connectivity index (χ3v) is 6.73. The summed E-state index contributed by atoms with van der Waals surface area (Å²) in [6, 6.07) is 9.99. The molecule has 172 valence electrons. The number of thiophene rings is 1.